The summed E-state index contributed by atoms with van der Waals surface area (Å²) in [7, 11) is 0. The molecule has 0 aliphatic carbocycles. The van der Waals surface area contributed by atoms with Crippen LogP contribution >= 0.6 is 0 Å². The van der Waals surface area contributed by atoms with Gasteiger partial charge in [-0.3, -0.25) is 0 Å². The monoisotopic (exact) mass is 151 g/mol. The van der Waals surface area contributed by atoms with Crippen molar-refractivity contribution in [1.29, 1.82) is 5.41 Å². The van der Waals surface area contributed by atoms with Gasteiger partial charge in [0.25, 0.3) is 0 Å². The summed E-state index contributed by atoms with van der Waals surface area (Å²) < 4.78 is 0. The Kier molecular flexibility index (Phi) is 10.1. The van der Waals surface area contributed by atoms with E-state index in [-0.39, 0.29) is 0 Å². The SMILES string of the molecule is C=C/C=C\C(=N)C(=C)C.CC. The summed E-state index contributed by atoms with van der Waals surface area (Å²) in [4.78, 5) is 0. The van der Waals surface area contributed by atoms with Crippen LogP contribution in [0.3, 0.4) is 0 Å². The Bertz CT molecular complexity index is 164. The van der Waals surface area contributed by atoms with Gasteiger partial charge in [0.05, 0.1) is 5.71 Å². The molecule has 0 amide bonds. The van der Waals surface area contributed by atoms with Crippen LogP contribution in [0.4, 0.5) is 0 Å². The number of hydrogen-bond donors (Lipinski definition) is 1. The van der Waals surface area contributed by atoms with E-state index in [4.69, 9.17) is 5.41 Å². The van der Waals surface area contributed by atoms with Gasteiger partial charge in [-0.05, 0) is 18.6 Å². The Morgan fingerprint density at radius 2 is 1.82 bits per heavy atom. The first-order valence-corrected chi connectivity index (χ1v) is 3.72. The highest BCUT2D eigenvalue weighted by Gasteiger charge is 1.86. The van der Waals surface area contributed by atoms with Crippen molar-refractivity contribution in [2.24, 2.45) is 0 Å². The predicted octanol–water partition coefficient (Wildman–Crippen LogP) is 3.35. The van der Waals surface area contributed by atoms with Crippen LogP contribution in [0.15, 0.2) is 37.0 Å². The Hall–Kier alpha value is -1.11. The van der Waals surface area contributed by atoms with Crippen LogP contribution in [0, 0.1) is 5.41 Å². The molecule has 0 spiro atoms. The molecule has 0 aliphatic rings. The van der Waals surface area contributed by atoms with Crippen molar-refractivity contribution in [2.75, 3.05) is 0 Å². The summed E-state index contributed by atoms with van der Waals surface area (Å²) in [6, 6.07) is 0. The van der Waals surface area contributed by atoms with E-state index in [0.717, 1.165) is 5.57 Å². The molecule has 0 saturated heterocycles. The Balaban J connectivity index is 0. The molecule has 0 unspecified atom stereocenters. The van der Waals surface area contributed by atoms with Gasteiger partial charge in [-0.1, -0.05) is 39.2 Å². The van der Waals surface area contributed by atoms with Crippen LogP contribution in [-0.2, 0) is 0 Å². The number of allylic oxidation sites excluding steroid dienone is 4. The summed E-state index contributed by atoms with van der Waals surface area (Å²) in [6.07, 6.45) is 5.02. The maximum Gasteiger partial charge on any atom is 0.0563 e. The van der Waals surface area contributed by atoms with Gasteiger partial charge < -0.3 is 5.41 Å². The number of rotatable bonds is 3. The van der Waals surface area contributed by atoms with Gasteiger partial charge in [-0.15, -0.1) is 0 Å². The topological polar surface area (TPSA) is 23.9 Å². The third kappa shape index (κ3) is 8.89. The average molecular weight is 151 g/mol. The van der Waals surface area contributed by atoms with Crippen molar-refractivity contribution in [3.8, 4) is 0 Å². The van der Waals surface area contributed by atoms with Gasteiger partial charge in [0.1, 0.15) is 0 Å². The molecule has 1 nitrogen and oxygen atoms in total. The third-order valence-electron chi connectivity index (χ3n) is 0.859. The highest BCUT2D eigenvalue weighted by molar-refractivity contribution is 6.05. The molecule has 1 N–H and O–H groups in total. The fourth-order valence-corrected chi connectivity index (χ4v) is 0.307. The molecule has 0 atom stereocenters. The van der Waals surface area contributed by atoms with Gasteiger partial charge in [0.2, 0.25) is 0 Å². The van der Waals surface area contributed by atoms with Crippen LogP contribution in [-0.4, -0.2) is 5.71 Å². The van der Waals surface area contributed by atoms with E-state index in [1.54, 1.807) is 25.2 Å². The normalized spacial score (nSPS) is 8.27. The fourth-order valence-electron chi connectivity index (χ4n) is 0.307. The predicted molar refractivity (Wildman–Crippen MR) is 53.2 cm³/mol. The Morgan fingerprint density at radius 3 is 2.09 bits per heavy atom. The second-order valence-electron chi connectivity index (χ2n) is 1.79. The van der Waals surface area contributed by atoms with E-state index in [9.17, 15) is 0 Å². The van der Waals surface area contributed by atoms with Crippen LogP contribution < -0.4 is 0 Å². The van der Waals surface area contributed by atoms with Crippen molar-refractivity contribution < 1.29 is 0 Å². The van der Waals surface area contributed by atoms with Gasteiger partial charge in [-0.25, -0.2) is 0 Å². The van der Waals surface area contributed by atoms with E-state index in [1.165, 1.54) is 0 Å². The zero-order valence-corrected chi connectivity index (χ0v) is 7.65. The first-order valence-electron chi connectivity index (χ1n) is 3.72. The highest BCUT2D eigenvalue weighted by atomic mass is 14.4. The summed E-state index contributed by atoms with van der Waals surface area (Å²) in [5, 5.41) is 7.21. The molecule has 0 aliphatic heterocycles. The molecule has 0 aromatic carbocycles. The lowest BCUT2D eigenvalue weighted by molar-refractivity contribution is 1.47. The zero-order valence-electron chi connectivity index (χ0n) is 7.65. The second kappa shape index (κ2) is 8.89. The minimum absolute atomic E-state index is 0.454. The molecule has 0 rings (SSSR count). The Morgan fingerprint density at radius 1 is 1.36 bits per heavy atom. The molecule has 0 radical (unpaired) electrons. The second-order valence-corrected chi connectivity index (χ2v) is 1.79. The molecule has 0 heterocycles. The van der Waals surface area contributed by atoms with Crippen molar-refractivity contribution in [3.05, 3.63) is 37.0 Å². The molecule has 0 aromatic rings. The molecule has 11 heavy (non-hydrogen) atoms. The summed E-state index contributed by atoms with van der Waals surface area (Å²) >= 11 is 0. The van der Waals surface area contributed by atoms with Crippen molar-refractivity contribution in [2.45, 2.75) is 20.8 Å². The molecule has 1 heteroatoms. The lowest BCUT2D eigenvalue weighted by Gasteiger charge is -1.90. The van der Waals surface area contributed by atoms with Crippen LogP contribution in [0.2, 0.25) is 0 Å². The van der Waals surface area contributed by atoms with E-state index < -0.39 is 0 Å². The summed E-state index contributed by atoms with van der Waals surface area (Å²) in [5.41, 5.74) is 1.23. The molecule has 62 valence electrons. The first kappa shape index (κ1) is 12.6. The van der Waals surface area contributed by atoms with E-state index in [1.807, 2.05) is 13.8 Å². The summed E-state index contributed by atoms with van der Waals surface area (Å²) in [5.74, 6) is 0. The van der Waals surface area contributed by atoms with Crippen LogP contribution in [0.25, 0.3) is 0 Å². The Labute approximate surface area is 69.6 Å². The third-order valence-corrected chi connectivity index (χ3v) is 0.859. The minimum atomic E-state index is 0.454. The van der Waals surface area contributed by atoms with Crippen molar-refractivity contribution >= 4 is 5.71 Å². The summed E-state index contributed by atoms with van der Waals surface area (Å²) in [6.45, 7) is 12.9. The van der Waals surface area contributed by atoms with Crippen LogP contribution in [0.1, 0.15) is 20.8 Å². The number of nitrogens with one attached hydrogen (secondary N) is 1. The minimum Gasteiger partial charge on any atom is -0.301 e. The standard InChI is InChI=1S/C8H11N.C2H6/c1-4-5-6-8(9)7(2)3;1-2/h4-6,9H,1-2H2,3H3;1-2H3/b6-5-,9-8?;. The molecule has 0 aromatic heterocycles. The molecule has 0 saturated carbocycles. The molecular weight excluding hydrogens is 134 g/mol. The average Bonchev–Trinajstić information content (AvgIpc) is 2.03. The van der Waals surface area contributed by atoms with Crippen molar-refractivity contribution in [3.63, 3.8) is 0 Å². The van der Waals surface area contributed by atoms with Gasteiger partial charge in [0.15, 0.2) is 0 Å². The van der Waals surface area contributed by atoms with Gasteiger partial charge in [0, 0.05) is 0 Å². The first-order chi connectivity index (χ1) is 5.18. The van der Waals surface area contributed by atoms with E-state index in [2.05, 4.69) is 13.2 Å². The number of hydrogen-bond acceptors (Lipinski definition) is 1. The molecule has 0 bridgehead atoms. The lowest BCUT2D eigenvalue weighted by atomic mass is 10.2. The molecule has 0 fully saturated rings. The van der Waals surface area contributed by atoms with Crippen LogP contribution in [0.5, 0.6) is 0 Å². The fraction of sp³-hybridized carbons (Fsp3) is 0.300. The van der Waals surface area contributed by atoms with Crippen molar-refractivity contribution in [1.82, 2.24) is 0 Å². The zero-order chi connectivity index (χ0) is 9.28. The smallest absolute Gasteiger partial charge is 0.0563 e. The quantitative estimate of drug-likeness (QED) is 0.472. The van der Waals surface area contributed by atoms with E-state index in [0.29, 0.717) is 5.71 Å². The largest absolute Gasteiger partial charge is 0.301 e. The molecular formula is C10H17N. The lowest BCUT2D eigenvalue weighted by Crippen LogP contribution is -1.88. The van der Waals surface area contributed by atoms with Gasteiger partial charge >= 0.3 is 0 Å². The maximum absolute atomic E-state index is 7.21. The van der Waals surface area contributed by atoms with E-state index >= 15 is 0 Å². The maximum atomic E-state index is 7.21. The van der Waals surface area contributed by atoms with Gasteiger partial charge in [-0.2, -0.15) is 0 Å². The highest BCUT2D eigenvalue weighted by Crippen LogP contribution is 1.91.